The van der Waals surface area contributed by atoms with E-state index in [0.717, 1.165) is 32.0 Å². The van der Waals surface area contributed by atoms with Gasteiger partial charge in [0.1, 0.15) is 28.7 Å². The quantitative estimate of drug-likeness (QED) is 0.258. The minimum absolute atomic E-state index is 0.0856. The van der Waals surface area contributed by atoms with Crippen molar-refractivity contribution < 1.29 is 23.0 Å². The number of aromatic hydroxyl groups is 1. The molecule has 4 aromatic rings. The molecule has 0 aliphatic carbocycles. The summed E-state index contributed by atoms with van der Waals surface area (Å²) in [5.74, 6) is -0.539. The first-order valence-corrected chi connectivity index (χ1v) is 16.0. The number of rotatable bonds is 6. The lowest BCUT2D eigenvalue weighted by Gasteiger charge is -2.42. The van der Waals surface area contributed by atoms with Crippen molar-refractivity contribution >= 4 is 27.5 Å². The van der Waals surface area contributed by atoms with Crippen LogP contribution in [0.2, 0.25) is 0 Å². The molecule has 47 heavy (non-hydrogen) atoms. The first-order chi connectivity index (χ1) is 22.6. The van der Waals surface area contributed by atoms with Crippen LogP contribution in [0, 0.1) is 52.5 Å². The van der Waals surface area contributed by atoms with E-state index in [2.05, 4.69) is 34.1 Å². The van der Waals surface area contributed by atoms with Crippen molar-refractivity contribution in [1.82, 2.24) is 20.2 Å². The summed E-state index contributed by atoms with van der Waals surface area (Å²) in [6.07, 6.45) is 8.33. The highest BCUT2D eigenvalue weighted by molar-refractivity contribution is 6.04. The van der Waals surface area contributed by atoms with E-state index in [0.29, 0.717) is 37.3 Å². The van der Waals surface area contributed by atoms with Crippen molar-refractivity contribution in [1.29, 1.82) is 5.26 Å². The zero-order valence-corrected chi connectivity index (χ0v) is 26.3. The number of anilines is 1. The van der Waals surface area contributed by atoms with Gasteiger partial charge in [0.25, 0.3) is 0 Å². The summed E-state index contributed by atoms with van der Waals surface area (Å²) in [5, 5.41) is 24.6. The SMILES string of the molecule is C#Cc1c(F)ccc2cc(O)cc(-c3c(F)cc4c(N5C[C@H]6CC[C@@H](C5)N6)nc(OCC5(C)CN(CC)CCC5C#N)nc4c3F)c12. The van der Waals surface area contributed by atoms with E-state index in [9.17, 15) is 14.8 Å². The molecule has 3 aliphatic heterocycles. The highest BCUT2D eigenvalue weighted by Crippen LogP contribution is 2.42. The highest BCUT2D eigenvalue weighted by Gasteiger charge is 2.41. The van der Waals surface area contributed by atoms with Crippen LogP contribution in [0.25, 0.3) is 32.8 Å². The van der Waals surface area contributed by atoms with Crippen molar-refractivity contribution in [3.8, 4) is 41.3 Å². The number of fused-ring (bicyclic) bond motifs is 4. The van der Waals surface area contributed by atoms with Crippen molar-refractivity contribution in [2.24, 2.45) is 11.3 Å². The Bertz CT molecular complexity index is 1980. The summed E-state index contributed by atoms with van der Waals surface area (Å²) >= 11 is 0. The van der Waals surface area contributed by atoms with Gasteiger partial charge in [-0.05, 0) is 62.0 Å². The third-order valence-corrected chi connectivity index (χ3v) is 10.1. The molecule has 4 heterocycles. The summed E-state index contributed by atoms with van der Waals surface area (Å²) in [6.45, 7) is 7.68. The number of nitrogens with one attached hydrogen (secondary N) is 1. The van der Waals surface area contributed by atoms with Gasteiger partial charge in [-0.25, -0.2) is 13.2 Å². The van der Waals surface area contributed by atoms with Gasteiger partial charge >= 0.3 is 6.01 Å². The van der Waals surface area contributed by atoms with Crippen LogP contribution in [0.5, 0.6) is 11.8 Å². The van der Waals surface area contributed by atoms with Gasteiger partial charge in [-0.1, -0.05) is 25.8 Å². The van der Waals surface area contributed by atoms with Crippen LogP contribution < -0.4 is 15.0 Å². The summed E-state index contributed by atoms with van der Waals surface area (Å²) in [4.78, 5) is 13.5. The third kappa shape index (κ3) is 5.38. The van der Waals surface area contributed by atoms with Crippen LogP contribution in [-0.4, -0.2) is 71.4 Å². The minimum atomic E-state index is -1.01. The Morgan fingerprint density at radius 1 is 1.11 bits per heavy atom. The molecule has 4 atom stereocenters. The number of likely N-dealkylation sites (tertiary alicyclic amines) is 1. The largest absolute Gasteiger partial charge is 0.508 e. The molecule has 3 aromatic carbocycles. The number of nitriles is 1. The molecular weight excluding hydrogens is 605 g/mol. The molecule has 0 spiro atoms. The molecule has 7 rings (SSSR count). The Kier molecular flexibility index (Phi) is 7.86. The molecule has 0 radical (unpaired) electrons. The van der Waals surface area contributed by atoms with E-state index in [1.165, 1.54) is 24.3 Å². The molecule has 2 unspecified atom stereocenters. The summed E-state index contributed by atoms with van der Waals surface area (Å²) in [7, 11) is 0. The van der Waals surface area contributed by atoms with E-state index in [4.69, 9.17) is 16.1 Å². The van der Waals surface area contributed by atoms with E-state index in [1.807, 2.05) is 11.8 Å². The lowest BCUT2D eigenvalue weighted by Crippen LogP contribution is -2.51. The molecule has 3 saturated heterocycles. The predicted octanol–water partition coefficient (Wildman–Crippen LogP) is 5.75. The number of benzene rings is 3. The van der Waals surface area contributed by atoms with Crippen molar-refractivity contribution in [2.45, 2.75) is 45.2 Å². The Labute approximate surface area is 271 Å². The average Bonchev–Trinajstić information content (AvgIpc) is 3.40. The maximum Gasteiger partial charge on any atom is 0.319 e. The fraction of sp³-hybridized carbons (Fsp3) is 0.417. The minimum Gasteiger partial charge on any atom is -0.508 e. The number of halogens is 3. The van der Waals surface area contributed by atoms with Gasteiger partial charge in [0.05, 0.1) is 29.7 Å². The molecular formula is C36H35F3N6O2. The number of hydrogen-bond donors (Lipinski definition) is 2. The Morgan fingerprint density at radius 2 is 1.87 bits per heavy atom. The molecule has 3 fully saturated rings. The molecule has 2 bridgehead atoms. The Hall–Kier alpha value is -4.58. The molecule has 0 saturated carbocycles. The first kappa shape index (κ1) is 31.0. The number of piperazine rings is 1. The third-order valence-electron chi connectivity index (χ3n) is 10.1. The Balaban J connectivity index is 1.40. The second-order valence-electron chi connectivity index (χ2n) is 13.3. The van der Waals surface area contributed by atoms with Crippen LogP contribution in [0.3, 0.4) is 0 Å². The lowest BCUT2D eigenvalue weighted by atomic mass is 9.73. The zero-order chi connectivity index (χ0) is 33.0. The average molecular weight is 641 g/mol. The fourth-order valence-electron chi connectivity index (χ4n) is 7.67. The van der Waals surface area contributed by atoms with Crippen LogP contribution in [0.4, 0.5) is 19.0 Å². The van der Waals surface area contributed by atoms with Crippen molar-refractivity contribution in [3.05, 3.63) is 53.3 Å². The topological polar surface area (TPSA) is 97.5 Å². The van der Waals surface area contributed by atoms with Crippen molar-refractivity contribution in [2.75, 3.05) is 44.2 Å². The number of phenols is 1. The molecule has 3 aliphatic rings. The second kappa shape index (κ2) is 11.9. The first-order valence-electron chi connectivity index (χ1n) is 16.0. The molecule has 2 N–H and O–H groups in total. The van der Waals surface area contributed by atoms with Gasteiger partial charge in [0.15, 0.2) is 5.82 Å². The van der Waals surface area contributed by atoms with Gasteiger partial charge in [0, 0.05) is 53.5 Å². The predicted molar refractivity (Wildman–Crippen MR) is 174 cm³/mol. The van der Waals surface area contributed by atoms with Gasteiger partial charge < -0.3 is 25.0 Å². The van der Waals surface area contributed by atoms with Crippen LogP contribution >= 0.6 is 0 Å². The molecule has 8 nitrogen and oxygen atoms in total. The number of ether oxygens (including phenoxy) is 1. The lowest BCUT2D eigenvalue weighted by molar-refractivity contribution is 0.0253. The monoisotopic (exact) mass is 640 g/mol. The molecule has 242 valence electrons. The molecule has 0 amide bonds. The summed E-state index contributed by atoms with van der Waals surface area (Å²) in [5.41, 5.74) is -1.48. The normalized spacial score (nSPS) is 24.4. The van der Waals surface area contributed by atoms with Gasteiger partial charge in [-0.3, -0.25) is 0 Å². The smallest absolute Gasteiger partial charge is 0.319 e. The van der Waals surface area contributed by atoms with Crippen LogP contribution in [0.15, 0.2) is 30.3 Å². The van der Waals surface area contributed by atoms with Crippen molar-refractivity contribution in [3.63, 3.8) is 0 Å². The van der Waals surface area contributed by atoms with E-state index in [1.54, 1.807) is 0 Å². The number of phenolic OH excluding ortho intramolecular Hbond substituents is 1. The highest BCUT2D eigenvalue weighted by atomic mass is 19.1. The maximum atomic E-state index is 16.9. The summed E-state index contributed by atoms with van der Waals surface area (Å²) < 4.78 is 54.2. The number of hydrogen-bond acceptors (Lipinski definition) is 8. The number of piperidine rings is 1. The van der Waals surface area contributed by atoms with Gasteiger partial charge in [0.2, 0.25) is 0 Å². The number of nitrogens with zero attached hydrogens (tertiary/aromatic N) is 5. The summed E-state index contributed by atoms with van der Waals surface area (Å²) in [6, 6.07) is 9.05. The number of terminal acetylenes is 1. The standard InChI is InChI=1S/C36H35F3N6O2/c1-4-25-28(37)9-6-20-12-24(46)13-26(30(20)25)31-29(38)14-27-33(32(31)39)42-35(43-34(27)45-16-22-7-8-23(17-45)41-22)47-19-36(3)18-44(5-2)11-10-21(36)15-40/h1,6,9,12-14,21-23,41,46H,5,7-8,10-11,16-19H2,2-3H3/t21?,22-,23+,36?. The van der Waals surface area contributed by atoms with Crippen LogP contribution in [-0.2, 0) is 0 Å². The van der Waals surface area contributed by atoms with E-state index >= 15 is 8.78 Å². The van der Waals surface area contributed by atoms with Gasteiger partial charge in [-0.2, -0.15) is 15.2 Å². The Morgan fingerprint density at radius 3 is 2.57 bits per heavy atom. The molecule has 11 heteroatoms. The maximum absolute atomic E-state index is 16.9. The van der Waals surface area contributed by atoms with E-state index < -0.39 is 28.4 Å². The fourth-order valence-corrected chi connectivity index (χ4v) is 7.67. The second-order valence-corrected chi connectivity index (χ2v) is 13.3. The van der Waals surface area contributed by atoms with Gasteiger partial charge in [-0.15, -0.1) is 6.42 Å². The van der Waals surface area contributed by atoms with Crippen LogP contribution in [0.1, 0.15) is 38.7 Å². The van der Waals surface area contributed by atoms with E-state index in [-0.39, 0.29) is 63.8 Å². The molecule has 1 aromatic heterocycles. The number of aromatic nitrogens is 2. The zero-order valence-electron chi connectivity index (χ0n) is 26.3.